The van der Waals surface area contributed by atoms with Crippen molar-refractivity contribution in [1.29, 1.82) is 0 Å². The molecule has 1 aliphatic rings. The third-order valence-electron chi connectivity index (χ3n) is 2.60. The topological polar surface area (TPSA) is 67.9 Å². The van der Waals surface area contributed by atoms with Crippen molar-refractivity contribution >= 4 is 12.0 Å². The summed E-state index contributed by atoms with van der Waals surface area (Å²) in [6.07, 6.45) is 0.0239. The Hall–Kier alpha value is -1.30. The molecule has 1 heterocycles. The first kappa shape index (κ1) is 13.8. The second-order valence-electron chi connectivity index (χ2n) is 4.36. The van der Waals surface area contributed by atoms with E-state index in [2.05, 4.69) is 10.1 Å². The van der Waals surface area contributed by atoms with Gasteiger partial charge in [0, 0.05) is 13.1 Å². The molecule has 0 bridgehead atoms. The molecule has 1 N–H and O–H groups in total. The molecule has 0 saturated carbocycles. The fraction of sp³-hybridized carbons (Fsp3) is 0.818. The number of hydrogen-bond donors (Lipinski definition) is 1. The first-order valence-corrected chi connectivity index (χ1v) is 5.72. The number of ether oxygens (including phenoxy) is 2. The highest BCUT2D eigenvalue weighted by Crippen LogP contribution is 2.10. The zero-order chi connectivity index (χ0) is 13.0. The number of carbonyl (C=O) groups is 2. The Kier molecular flexibility index (Phi) is 4.74. The van der Waals surface area contributed by atoms with Crippen molar-refractivity contribution in [3.05, 3.63) is 0 Å². The van der Waals surface area contributed by atoms with Crippen LogP contribution in [-0.4, -0.2) is 55.3 Å². The van der Waals surface area contributed by atoms with Crippen LogP contribution < -0.4 is 5.32 Å². The summed E-state index contributed by atoms with van der Waals surface area (Å²) in [7, 11) is 1.30. The first-order chi connectivity index (χ1) is 7.93. The molecule has 0 aromatic carbocycles. The number of hydrogen-bond acceptors (Lipinski definition) is 4. The van der Waals surface area contributed by atoms with Gasteiger partial charge in [0.15, 0.2) is 0 Å². The lowest BCUT2D eigenvalue weighted by Crippen LogP contribution is -2.54. The molecule has 6 nitrogen and oxygen atoms in total. The highest BCUT2D eigenvalue weighted by molar-refractivity contribution is 5.83. The van der Waals surface area contributed by atoms with Crippen LogP contribution in [0, 0.1) is 0 Å². The van der Waals surface area contributed by atoms with E-state index in [1.807, 2.05) is 13.8 Å². The van der Waals surface area contributed by atoms with Crippen LogP contribution >= 0.6 is 0 Å². The Labute approximate surface area is 101 Å². The molecule has 0 aromatic heterocycles. The lowest BCUT2D eigenvalue weighted by molar-refractivity contribution is -0.142. The van der Waals surface area contributed by atoms with Crippen molar-refractivity contribution in [3.8, 4) is 0 Å². The van der Waals surface area contributed by atoms with E-state index in [9.17, 15) is 9.59 Å². The Morgan fingerprint density at radius 1 is 1.35 bits per heavy atom. The van der Waals surface area contributed by atoms with Crippen molar-refractivity contribution in [2.45, 2.75) is 39.0 Å². The molecule has 17 heavy (non-hydrogen) atoms. The van der Waals surface area contributed by atoms with Crippen LogP contribution in [0.15, 0.2) is 0 Å². The Morgan fingerprint density at radius 3 is 2.35 bits per heavy atom. The molecule has 0 radical (unpaired) electrons. The number of methoxy groups -OCH3 is 1. The van der Waals surface area contributed by atoms with E-state index in [0.29, 0.717) is 13.1 Å². The van der Waals surface area contributed by atoms with Gasteiger partial charge in [0.25, 0.3) is 0 Å². The van der Waals surface area contributed by atoms with Crippen LogP contribution in [0.4, 0.5) is 4.79 Å². The van der Waals surface area contributed by atoms with Crippen LogP contribution in [0.1, 0.15) is 20.8 Å². The molecule has 3 atom stereocenters. The second-order valence-corrected chi connectivity index (χ2v) is 4.36. The predicted octanol–water partition coefficient (Wildman–Crippen LogP) is 0.367. The third kappa shape index (κ3) is 3.89. The molecular formula is C11H20N2O4. The molecular weight excluding hydrogens is 224 g/mol. The smallest absolute Gasteiger partial charge is 0.328 e. The Balaban J connectivity index is 2.49. The van der Waals surface area contributed by atoms with E-state index < -0.39 is 12.0 Å². The zero-order valence-electron chi connectivity index (χ0n) is 10.7. The monoisotopic (exact) mass is 244 g/mol. The summed E-state index contributed by atoms with van der Waals surface area (Å²) in [4.78, 5) is 24.7. The Morgan fingerprint density at radius 2 is 1.88 bits per heavy atom. The molecule has 0 aromatic rings. The van der Waals surface area contributed by atoms with Gasteiger partial charge in [-0.2, -0.15) is 0 Å². The van der Waals surface area contributed by atoms with Crippen molar-refractivity contribution < 1.29 is 19.1 Å². The van der Waals surface area contributed by atoms with Crippen molar-refractivity contribution in [1.82, 2.24) is 10.2 Å². The van der Waals surface area contributed by atoms with Gasteiger partial charge in [-0.1, -0.05) is 0 Å². The maximum Gasteiger partial charge on any atom is 0.328 e. The summed E-state index contributed by atoms with van der Waals surface area (Å²) in [5, 5.41) is 2.60. The number of amides is 2. The number of morpholine rings is 1. The van der Waals surface area contributed by atoms with E-state index in [4.69, 9.17) is 4.74 Å². The number of nitrogens with zero attached hydrogens (tertiary/aromatic N) is 1. The molecule has 1 fully saturated rings. The summed E-state index contributed by atoms with van der Waals surface area (Å²) in [6.45, 7) is 6.49. The van der Waals surface area contributed by atoms with Gasteiger partial charge in [0.2, 0.25) is 0 Å². The van der Waals surface area contributed by atoms with E-state index in [0.717, 1.165) is 0 Å². The van der Waals surface area contributed by atoms with Crippen molar-refractivity contribution in [2.75, 3.05) is 20.2 Å². The van der Waals surface area contributed by atoms with Gasteiger partial charge in [0.1, 0.15) is 6.04 Å². The SMILES string of the molecule is COC(=O)C(C)NC(=O)N1CC(C)OC(C)C1. The quantitative estimate of drug-likeness (QED) is 0.712. The molecule has 0 spiro atoms. The summed E-state index contributed by atoms with van der Waals surface area (Å²) in [6, 6.07) is -0.897. The number of rotatable bonds is 2. The zero-order valence-corrected chi connectivity index (χ0v) is 10.7. The lowest BCUT2D eigenvalue weighted by atomic mass is 10.2. The molecule has 1 rings (SSSR count). The minimum Gasteiger partial charge on any atom is -0.467 e. The molecule has 6 heteroatoms. The molecule has 98 valence electrons. The molecule has 1 aliphatic heterocycles. The predicted molar refractivity (Wildman–Crippen MR) is 61.6 cm³/mol. The van der Waals surface area contributed by atoms with Crippen LogP contribution in [0.3, 0.4) is 0 Å². The minimum atomic E-state index is -0.638. The van der Waals surface area contributed by atoms with Gasteiger partial charge < -0.3 is 19.7 Å². The van der Waals surface area contributed by atoms with Crippen LogP contribution in [0.2, 0.25) is 0 Å². The van der Waals surface area contributed by atoms with E-state index >= 15 is 0 Å². The Bertz CT molecular complexity index is 285. The number of urea groups is 1. The molecule has 3 unspecified atom stereocenters. The highest BCUT2D eigenvalue weighted by atomic mass is 16.5. The number of carbonyl (C=O) groups excluding carboxylic acids is 2. The average Bonchev–Trinajstić information content (AvgIpc) is 2.26. The highest BCUT2D eigenvalue weighted by Gasteiger charge is 2.27. The number of esters is 1. The van der Waals surface area contributed by atoms with Crippen molar-refractivity contribution in [2.24, 2.45) is 0 Å². The molecule has 0 aliphatic carbocycles. The van der Waals surface area contributed by atoms with E-state index in [1.165, 1.54) is 7.11 Å². The van der Waals surface area contributed by atoms with Gasteiger partial charge in [-0.25, -0.2) is 9.59 Å². The normalized spacial score (nSPS) is 26.2. The molecule has 1 saturated heterocycles. The van der Waals surface area contributed by atoms with Crippen LogP contribution in [-0.2, 0) is 14.3 Å². The average molecular weight is 244 g/mol. The lowest BCUT2D eigenvalue weighted by Gasteiger charge is -2.35. The van der Waals surface area contributed by atoms with Gasteiger partial charge in [-0.3, -0.25) is 0 Å². The number of nitrogens with one attached hydrogen (secondary N) is 1. The van der Waals surface area contributed by atoms with Gasteiger partial charge in [0.05, 0.1) is 19.3 Å². The largest absolute Gasteiger partial charge is 0.467 e. The summed E-state index contributed by atoms with van der Waals surface area (Å²) >= 11 is 0. The van der Waals surface area contributed by atoms with E-state index in [1.54, 1.807) is 11.8 Å². The van der Waals surface area contributed by atoms with E-state index in [-0.39, 0.29) is 18.2 Å². The van der Waals surface area contributed by atoms with Gasteiger partial charge >= 0.3 is 12.0 Å². The summed E-state index contributed by atoms with van der Waals surface area (Å²) in [5.41, 5.74) is 0. The maximum absolute atomic E-state index is 11.9. The summed E-state index contributed by atoms with van der Waals surface area (Å²) in [5.74, 6) is -0.451. The van der Waals surface area contributed by atoms with Crippen molar-refractivity contribution in [3.63, 3.8) is 0 Å². The van der Waals surface area contributed by atoms with Gasteiger partial charge in [-0.15, -0.1) is 0 Å². The fourth-order valence-corrected chi connectivity index (χ4v) is 1.86. The first-order valence-electron chi connectivity index (χ1n) is 5.72. The van der Waals surface area contributed by atoms with Crippen LogP contribution in [0.25, 0.3) is 0 Å². The fourth-order valence-electron chi connectivity index (χ4n) is 1.86. The minimum absolute atomic E-state index is 0.0120. The maximum atomic E-state index is 11.9. The molecule has 2 amide bonds. The third-order valence-corrected chi connectivity index (χ3v) is 2.60. The standard InChI is InChI=1S/C11H20N2O4/c1-7-5-13(6-8(2)17-7)11(15)12-9(3)10(14)16-4/h7-9H,5-6H2,1-4H3,(H,12,15). The van der Waals surface area contributed by atoms with Gasteiger partial charge in [-0.05, 0) is 20.8 Å². The second kappa shape index (κ2) is 5.86. The van der Waals surface area contributed by atoms with Crippen LogP contribution in [0.5, 0.6) is 0 Å². The summed E-state index contributed by atoms with van der Waals surface area (Å²) < 4.78 is 10.1.